The van der Waals surface area contributed by atoms with Gasteiger partial charge in [0.25, 0.3) is 0 Å². The average molecular weight is 373 g/mol. The summed E-state index contributed by atoms with van der Waals surface area (Å²) >= 11 is 0. The normalized spacial score (nSPS) is 10.9. The number of aryl methyl sites for hydroxylation is 1. The largest absolute Gasteiger partial charge is 0.264 e. The first-order valence-electron chi connectivity index (χ1n) is 9.62. The van der Waals surface area contributed by atoms with Gasteiger partial charge in [0.1, 0.15) is 5.82 Å². The molecule has 0 aliphatic carbocycles. The lowest BCUT2D eigenvalue weighted by Gasteiger charge is -2.09. The van der Waals surface area contributed by atoms with E-state index in [0.717, 1.165) is 28.3 Å². The summed E-state index contributed by atoms with van der Waals surface area (Å²) in [6.07, 6.45) is 3.60. The molecule has 29 heavy (non-hydrogen) atoms. The molecule has 0 bridgehead atoms. The summed E-state index contributed by atoms with van der Waals surface area (Å²) in [5.74, 6) is 0.750. The zero-order valence-corrected chi connectivity index (χ0v) is 16.1. The highest BCUT2D eigenvalue weighted by molar-refractivity contribution is 5.96. The predicted octanol–water partition coefficient (Wildman–Crippen LogP) is 6.33. The smallest absolute Gasteiger partial charge is 0.126 e. The quantitative estimate of drug-likeness (QED) is 0.371. The van der Waals surface area contributed by atoms with Crippen molar-refractivity contribution in [2.75, 3.05) is 0 Å². The van der Waals surface area contributed by atoms with E-state index in [1.165, 1.54) is 21.9 Å². The maximum absolute atomic E-state index is 4.65. The van der Waals surface area contributed by atoms with Gasteiger partial charge in [-0.05, 0) is 47.0 Å². The average Bonchev–Trinajstić information content (AvgIpc) is 2.79. The van der Waals surface area contributed by atoms with Crippen molar-refractivity contribution >= 4 is 10.8 Å². The zero-order valence-electron chi connectivity index (χ0n) is 16.1. The Morgan fingerprint density at radius 2 is 1.34 bits per heavy atom. The minimum atomic E-state index is 0.750. The van der Waals surface area contributed by atoms with Crippen LogP contribution in [0.15, 0.2) is 97.3 Å². The first-order valence-corrected chi connectivity index (χ1v) is 9.62. The van der Waals surface area contributed by atoms with Crippen LogP contribution in [0.5, 0.6) is 0 Å². The van der Waals surface area contributed by atoms with Crippen LogP contribution >= 0.6 is 0 Å². The summed E-state index contributed by atoms with van der Waals surface area (Å²) in [6, 6.07) is 29.5. The molecule has 0 atom stereocenters. The van der Waals surface area contributed by atoms with Crippen molar-refractivity contribution in [3.8, 4) is 33.6 Å². The molecule has 0 aliphatic heterocycles. The number of benzene rings is 3. The lowest BCUT2D eigenvalue weighted by molar-refractivity contribution is 1.06. The number of hydrogen-bond acceptors (Lipinski definition) is 3. The van der Waals surface area contributed by atoms with Crippen molar-refractivity contribution in [3.05, 3.63) is 103 Å². The Kier molecular flexibility index (Phi) is 4.34. The van der Waals surface area contributed by atoms with Crippen LogP contribution in [0, 0.1) is 6.92 Å². The highest BCUT2D eigenvalue weighted by atomic mass is 14.9. The van der Waals surface area contributed by atoms with Gasteiger partial charge in [0.2, 0.25) is 0 Å². The third-order valence-electron chi connectivity index (χ3n) is 5.08. The van der Waals surface area contributed by atoms with Crippen LogP contribution in [-0.4, -0.2) is 15.0 Å². The molecule has 5 aromatic rings. The van der Waals surface area contributed by atoms with Crippen LogP contribution in [0.3, 0.4) is 0 Å². The van der Waals surface area contributed by atoms with E-state index in [1.54, 1.807) is 6.20 Å². The maximum Gasteiger partial charge on any atom is 0.126 e. The number of aromatic nitrogens is 3. The molecule has 3 nitrogen and oxygen atoms in total. The molecule has 3 heteroatoms. The Hall–Kier alpha value is -3.85. The molecule has 0 saturated heterocycles. The fraction of sp³-hybridized carbons (Fsp3) is 0.0385. The van der Waals surface area contributed by atoms with E-state index < -0.39 is 0 Å². The SMILES string of the molecule is Cc1nc(-c2ccc(-c3cccc4ccccc34)cc2)cc(-c2cccnc2)n1. The third-order valence-corrected chi connectivity index (χ3v) is 5.08. The molecule has 2 aromatic heterocycles. The van der Waals surface area contributed by atoms with Crippen LogP contribution in [0.1, 0.15) is 5.82 Å². The molecule has 0 radical (unpaired) electrons. The molecule has 5 rings (SSSR count). The van der Waals surface area contributed by atoms with E-state index in [0.29, 0.717) is 0 Å². The molecular weight excluding hydrogens is 354 g/mol. The lowest BCUT2D eigenvalue weighted by atomic mass is 9.97. The number of hydrogen-bond donors (Lipinski definition) is 0. The number of nitrogens with zero attached hydrogens (tertiary/aromatic N) is 3. The molecule has 0 saturated carbocycles. The van der Waals surface area contributed by atoms with Gasteiger partial charge in [-0.1, -0.05) is 66.7 Å². The van der Waals surface area contributed by atoms with Gasteiger partial charge in [-0.25, -0.2) is 9.97 Å². The van der Waals surface area contributed by atoms with Crippen LogP contribution in [0.2, 0.25) is 0 Å². The first-order chi connectivity index (χ1) is 14.3. The summed E-state index contributed by atoms with van der Waals surface area (Å²) in [6.45, 7) is 1.92. The molecule has 0 spiro atoms. The van der Waals surface area contributed by atoms with Gasteiger partial charge < -0.3 is 0 Å². The minimum Gasteiger partial charge on any atom is -0.264 e. The van der Waals surface area contributed by atoms with Crippen molar-refractivity contribution in [2.45, 2.75) is 6.92 Å². The summed E-state index contributed by atoms with van der Waals surface area (Å²) in [4.78, 5) is 13.4. The second-order valence-electron chi connectivity index (χ2n) is 7.03. The zero-order chi connectivity index (χ0) is 19.6. The van der Waals surface area contributed by atoms with Gasteiger partial charge >= 0.3 is 0 Å². The Morgan fingerprint density at radius 3 is 2.14 bits per heavy atom. The summed E-state index contributed by atoms with van der Waals surface area (Å²) in [7, 11) is 0. The van der Waals surface area contributed by atoms with Crippen molar-refractivity contribution in [2.24, 2.45) is 0 Å². The fourth-order valence-corrected chi connectivity index (χ4v) is 3.68. The number of pyridine rings is 1. The van der Waals surface area contributed by atoms with Crippen LogP contribution in [-0.2, 0) is 0 Å². The molecule has 3 aromatic carbocycles. The van der Waals surface area contributed by atoms with E-state index in [2.05, 4.69) is 81.7 Å². The Morgan fingerprint density at radius 1 is 0.621 bits per heavy atom. The van der Waals surface area contributed by atoms with E-state index in [1.807, 2.05) is 31.3 Å². The maximum atomic E-state index is 4.65. The Bertz CT molecular complexity index is 1290. The number of fused-ring (bicyclic) bond motifs is 1. The van der Waals surface area contributed by atoms with E-state index in [9.17, 15) is 0 Å². The molecule has 0 N–H and O–H groups in total. The van der Waals surface area contributed by atoms with E-state index in [-0.39, 0.29) is 0 Å². The highest BCUT2D eigenvalue weighted by Crippen LogP contribution is 2.30. The van der Waals surface area contributed by atoms with Gasteiger partial charge in [0.05, 0.1) is 11.4 Å². The number of rotatable bonds is 3. The van der Waals surface area contributed by atoms with Gasteiger partial charge in [0, 0.05) is 23.5 Å². The third kappa shape index (κ3) is 3.39. The van der Waals surface area contributed by atoms with Crippen LogP contribution in [0.4, 0.5) is 0 Å². The molecule has 2 heterocycles. The predicted molar refractivity (Wildman–Crippen MR) is 118 cm³/mol. The van der Waals surface area contributed by atoms with Crippen molar-refractivity contribution in [1.82, 2.24) is 15.0 Å². The summed E-state index contributed by atoms with van der Waals surface area (Å²) in [5, 5.41) is 2.51. The van der Waals surface area contributed by atoms with Crippen molar-refractivity contribution in [1.29, 1.82) is 0 Å². The summed E-state index contributed by atoms with van der Waals surface area (Å²) < 4.78 is 0. The van der Waals surface area contributed by atoms with Gasteiger partial charge in [-0.3, -0.25) is 4.98 Å². The molecule has 0 aliphatic rings. The standard InChI is InChI=1S/C26H19N3/c1-18-28-25(16-26(29-18)22-8-5-15-27-17-22)21-13-11-20(12-14-21)24-10-4-7-19-6-2-3-9-23(19)24/h2-17H,1H3. The molecule has 0 fully saturated rings. The van der Waals surface area contributed by atoms with Gasteiger partial charge in [-0.2, -0.15) is 0 Å². The van der Waals surface area contributed by atoms with Crippen LogP contribution in [0.25, 0.3) is 44.4 Å². The summed E-state index contributed by atoms with van der Waals surface area (Å²) in [5.41, 5.74) is 6.31. The van der Waals surface area contributed by atoms with E-state index >= 15 is 0 Å². The minimum absolute atomic E-state index is 0.750. The van der Waals surface area contributed by atoms with Gasteiger partial charge in [-0.15, -0.1) is 0 Å². The second-order valence-corrected chi connectivity index (χ2v) is 7.03. The van der Waals surface area contributed by atoms with Crippen molar-refractivity contribution in [3.63, 3.8) is 0 Å². The monoisotopic (exact) mass is 373 g/mol. The molecular formula is C26H19N3. The molecule has 0 unspecified atom stereocenters. The lowest BCUT2D eigenvalue weighted by Crippen LogP contribution is -1.95. The second kappa shape index (κ2) is 7.28. The van der Waals surface area contributed by atoms with Crippen LogP contribution < -0.4 is 0 Å². The highest BCUT2D eigenvalue weighted by Gasteiger charge is 2.08. The topological polar surface area (TPSA) is 38.7 Å². The van der Waals surface area contributed by atoms with Crippen molar-refractivity contribution < 1.29 is 0 Å². The molecule has 138 valence electrons. The fourth-order valence-electron chi connectivity index (χ4n) is 3.68. The molecule has 0 amide bonds. The first kappa shape index (κ1) is 17.3. The Balaban J connectivity index is 1.55. The Labute approximate surface area is 169 Å². The van der Waals surface area contributed by atoms with Gasteiger partial charge in [0.15, 0.2) is 0 Å². The van der Waals surface area contributed by atoms with E-state index in [4.69, 9.17) is 0 Å².